The molecule has 1 aliphatic heterocycles. The predicted octanol–water partition coefficient (Wildman–Crippen LogP) is 0.0609. The van der Waals surface area contributed by atoms with E-state index in [1.807, 2.05) is 0 Å². The molecule has 1 N–H and O–H groups in total. The van der Waals surface area contributed by atoms with Gasteiger partial charge in [-0.25, -0.2) is 4.68 Å². The first-order valence-electron chi connectivity index (χ1n) is 4.85. The molecule has 2 aromatic rings. The number of carbonyl (C=O) groups is 1. The molecule has 17 heavy (non-hydrogen) atoms. The highest BCUT2D eigenvalue weighted by molar-refractivity contribution is 7.99. The number of fused-ring (bicyclic) bond motifs is 1. The molecule has 3 rings (SSSR count). The number of carboxylic acid groups (broad SMARTS) is 1. The van der Waals surface area contributed by atoms with E-state index in [0.717, 1.165) is 17.5 Å². The fourth-order valence-corrected chi connectivity index (χ4v) is 2.32. The molecule has 1 aliphatic rings. The second kappa shape index (κ2) is 3.84. The summed E-state index contributed by atoms with van der Waals surface area (Å²) in [5, 5.41) is 17.3. The Hall–Kier alpha value is -1.90. The second-order valence-electron chi connectivity index (χ2n) is 3.37. The molecule has 0 saturated carbocycles. The number of carboxylic acids is 1. The number of aryl methyl sites for hydroxylation is 1. The highest BCUT2D eigenvalue weighted by Crippen LogP contribution is 2.25. The normalized spacial score (nSPS) is 13.9. The molecule has 0 radical (unpaired) electrons. The van der Waals surface area contributed by atoms with E-state index in [1.165, 1.54) is 0 Å². The number of hydrogen-bond donors (Lipinski definition) is 1. The predicted molar refractivity (Wildman–Crippen MR) is 55.4 cm³/mol. The van der Waals surface area contributed by atoms with Crippen molar-refractivity contribution in [2.45, 2.75) is 18.1 Å². The first-order chi connectivity index (χ1) is 8.22. The van der Waals surface area contributed by atoms with Gasteiger partial charge in [-0.2, -0.15) is 9.97 Å². The zero-order chi connectivity index (χ0) is 11.8. The van der Waals surface area contributed by atoms with Gasteiger partial charge in [0.15, 0.2) is 5.16 Å². The Bertz CT molecular complexity index is 556. The highest BCUT2D eigenvalue weighted by Gasteiger charge is 2.20. The van der Waals surface area contributed by atoms with Gasteiger partial charge in [0.2, 0.25) is 17.5 Å². The molecule has 88 valence electrons. The summed E-state index contributed by atoms with van der Waals surface area (Å²) >= 11 is 1.61. The van der Waals surface area contributed by atoms with E-state index < -0.39 is 5.97 Å². The lowest BCUT2D eigenvalue weighted by atomic mass is 10.4. The Kier molecular flexibility index (Phi) is 2.32. The first kappa shape index (κ1) is 10.3. The highest BCUT2D eigenvalue weighted by atomic mass is 32.2. The van der Waals surface area contributed by atoms with Crippen molar-refractivity contribution in [3.63, 3.8) is 0 Å². The quantitative estimate of drug-likeness (QED) is 0.818. The molecule has 0 bridgehead atoms. The first-order valence-corrected chi connectivity index (χ1v) is 5.83. The third-order valence-electron chi connectivity index (χ3n) is 2.14. The summed E-state index contributed by atoms with van der Waals surface area (Å²) in [6, 6.07) is 0. The van der Waals surface area contributed by atoms with Crippen molar-refractivity contribution in [1.82, 2.24) is 24.9 Å². The molecule has 0 aliphatic carbocycles. The molecule has 0 aromatic carbocycles. The van der Waals surface area contributed by atoms with E-state index in [9.17, 15) is 4.79 Å². The van der Waals surface area contributed by atoms with E-state index in [1.54, 1.807) is 16.4 Å². The molecule has 0 atom stereocenters. The molecule has 0 fully saturated rings. The summed E-state index contributed by atoms with van der Waals surface area (Å²) in [7, 11) is 0. The molecule has 0 unspecified atom stereocenters. The molecular formula is C8H7N5O3S. The largest absolute Gasteiger partial charge is 0.481 e. The Morgan fingerprint density at radius 3 is 3.12 bits per heavy atom. The fourth-order valence-electron chi connectivity index (χ4n) is 1.45. The minimum Gasteiger partial charge on any atom is -0.481 e. The van der Waals surface area contributed by atoms with Crippen LogP contribution in [0.3, 0.4) is 0 Å². The van der Waals surface area contributed by atoms with E-state index in [2.05, 4.69) is 20.2 Å². The Balaban J connectivity index is 1.88. The summed E-state index contributed by atoms with van der Waals surface area (Å²) in [5.74, 6) is 0.592. The van der Waals surface area contributed by atoms with Gasteiger partial charge in [0.25, 0.3) is 0 Å². The Morgan fingerprint density at radius 2 is 2.35 bits per heavy atom. The van der Waals surface area contributed by atoms with Crippen LogP contribution in [0.4, 0.5) is 0 Å². The molecule has 2 aromatic heterocycles. The number of nitrogens with zero attached hydrogens (tertiary/aromatic N) is 5. The molecular weight excluding hydrogens is 246 g/mol. The number of rotatable bonds is 3. The van der Waals surface area contributed by atoms with E-state index in [0.29, 0.717) is 5.82 Å². The van der Waals surface area contributed by atoms with Crippen LogP contribution in [0.25, 0.3) is 11.6 Å². The summed E-state index contributed by atoms with van der Waals surface area (Å²) in [5.41, 5.74) is 0. The number of hydrogen-bond acceptors (Lipinski definition) is 7. The lowest BCUT2D eigenvalue weighted by molar-refractivity contribution is -0.136. The van der Waals surface area contributed by atoms with Gasteiger partial charge in [-0.05, 0) is 0 Å². The van der Waals surface area contributed by atoms with Gasteiger partial charge >= 0.3 is 5.97 Å². The van der Waals surface area contributed by atoms with E-state index >= 15 is 0 Å². The van der Waals surface area contributed by atoms with Crippen LogP contribution in [-0.4, -0.2) is 41.7 Å². The summed E-state index contributed by atoms with van der Waals surface area (Å²) in [4.78, 5) is 18.6. The summed E-state index contributed by atoms with van der Waals surface area (Å²) in [6.45, 7) is 0.812. The van der Waals surface area contributed by atoms with Crippen molar-refractivity contribution >= 4 is 17.7 Å². The molecule has 3 heterocycles. The van der Waals surface area contributed by atoms with Gasteiger partial charge in [0.1, 0.15) is 6.42 Å². The molecule has 0 spiro atoms. The van der Waals surface area contributed by atoms with Crippen molar-refractivity contribution in [3.8, 4) is 11.6 Å². The fraction of sp³-hybridized carbons (Fsp3) is 0.375. The van der Waals surface area contributed by atoms with Gasteiger partial charge in [-0.15, -0.1) is 5.10 Å². The number of aromatic nitrogens is 5. The molecule has 0 amide bonds. The van der Waals surface area contributed by atoms with Gasteiger partial charge in [0.05, 0.1) is 6.54 Å². The summed E-state index contributed by atoms with van der Waals surface area (Å²) in [6.07, 6.45) is -0.296. The standard InChI is InChI=1S/C8H7N5O3S/c14-5(15)3-4-9-7(12-16-4)6-10-8-13(11-6)1-2-17-8/h1-3H2,(H,14,15). The lowest BCUT2D eigenvalue weighted by Gasteiger charge is -1.86. The zero-order valence-corrected chi connectivity index (χ0v) is 9.35. The van der Waals surface area contributed by atoms with Crippen LogP contribution >= 0.6 is 11.8 Å². The third-order valence-corrected chi connectivity index (χ3v) is 3.09. The van der Waals surface area contributed by atoms with Gasteiger partial charge in [0, 0.05) is 5.75 Å². The maximum atomic E-state index is 10.5. The smallest absolute Gasteiger partial charge is 0.312 e. The van der Waals surface area contributed by atoms with Crippen molar-refractivity contribution in [1.29, 1.82) is 0 Å². The van der Waals surface area contributed by atoms with Crippen molar-refractivity contribution in [2.75, 3.05) is 5.75 Å². The Morgan fingerprint density at radius 1 is 1.47 bits per heavy atom. The van der Waals surface area contributed by atoms with Crippen molar-refractivity contribution in [2.24, 2.45) is 0 Å². The monoisotopic (exact) mass is 253 g/mol. The van der Waals surface area contributed by atoms with Gasteiger partial charge < -0.3 is 9.63 Å². The maximum absolute atomic E-state index is 10.5. The topological polar surface area (TPSA) is 107 Å². The minimum absolute atomic E-state index is 0.0510. The van der Waals surface area contributed by atoms with Crippen LogP contribution in [-0.2, 0) is 17.8 Å². The van der Waals surface area contributed by atoms with Crippen LogP contribution in [0.5, 0.6) is 0 Å². The van der Waals surface area contributed by atoms with Crippen LogP contribution in [0.15, 0.2) is 9.68 Å². The average Bonchev–Trinajstić information content (AvgIpc) is 2.87. The second-order valence-corrected chi connectivity index (χ2v) is 4.43. The van der Waals surface area contributed by atoms with Crippen LogP contribution in [0.2, 0.25) is 0 Å². The van der Waals surface area contributed by atoms with Crippen molar-refractivity contribution < 1.29 is 14.4 Å². The SMILES string of the molecule is O=C(O)Cc1nc(-c2nc3n(n2)CCS3)no1. The van der Waals surface area contributed by atoms with Crippen LogP contribution < -0.4 is 0 Å². The molecule has 8 nitrogen and oxygen atoms in total. The van der Waals surface area contributed by atoms with Gasteiger partial charge in [-0.3, -0.25) is 4.79 Å². The van der Waals surface area contributed by atoms with E-state index in [4.69, 9.17) is 9.63 Å². The molecule has 0 saturated heterocycles. The zero-order valence-electron chi connectivity index (χ0n) is 8.53. The maximum Gasteiger partial charge on any atom is 0.312 e. The van der Waals surface area contributed by atoms with E-state index in [-0.39, 0.29) is 18.1 Å². The third kappa shape index (κ3) is 1.88. The number of thioether (sulfide) groups is 1. The van der Waals surface area contributed by atoms with Gasteiger partial charge in [-0.1, -0.05) is 16.9 Å². The Labute approximate surface area is 99.0 Å². The van der Waals surface area contributed by atoms with Crippen molar-refractivity contribution in [3.05, 3.63) is 5.89 Å². The van der Waals surface area contributed by atoms with Crippen LogP contribution in [0.1, 0.15) is 5.89 Å². The van der Waals surface area contributed by atoms with Crippen LogP contribution in [0, 0.1) is 0 Å². The summed E-state index contributed by atoms with van der Waals surface area (Å²) < 4.78 is 6.56. The minimum atomic E-state index is -1.02. The lowest BCUT2D eigenvalue weighted by Crippen LogP contribution is -2.00. The molecule has 9 heteroatoms. The number of aliphatic carboxylic acids is 1. The average molecular weight is 253 g/mol.